The lowest BCUT2D eigenvalue weighted by atomic mass is 10.1. The number of carbonyl (C=O) groups excluding carboxylic acids is 1. The lowest BCUT2D eigenvalue weighted by Crippen LogP contribution is -2.23. The first-order valence-electron chi connectivity index (χ1n) is 9.72. The number of hydrogen-bond donors (Lipinski definition) is 2. The van der Waals surface area contributed by atoms with Crippen LogP contribution in [0.15, 0.2) is 72.8 Å². The van der Waals surface area contributed by atoms with Gasteiger partial charge in [-0.25, -0.2) is 0 Å². The average Bonchev–Trinajstić information content (AvgIpc) is 2.76. The van der Waals surface area contributed by atoms with Crippen molar-refractivity contribution in [2.45, 2.75) is 32.6 Å². The third-order valence-electron chi connectivity index (χ3n) is 4.78. The van der Waals surface area contributed by atoms with Crippen molar-refractivity contribution in [1.29, 1.82) is 0 Å². The number of halogens is 3. The van der Waals surface area contributed by atoms with Crippen molar-refractivity contribution in [3.8, 4) is 0 Å². The zero-order valence-corrected chi connectivity index (χ0v) is 16.6. The molecule has 0 saturated carbocycles. The Labute approximate surface area is 173 Å². The highest BCUT2D eigenvalue weighted by Gasteiger charge is 2.30. The molecule has 3 aromatic carbocycles. The van der Waals surface area contributed by atoms with Crippen LogP contribution in [-0.4, -0.2) is 5.91 Å². The zero-order chi connectivity index (χ0) is 21.6. The van der Waals surface area contributed by atoms with E-state index in [1.54, 1.807) is 24.3 Å². The van der Waals surface area contributed by atoms with Crippen LogP contribution in [0.3, 0.4) is 0 Å². The Hall–Kier alpha value is -3.28. The fraction of sp³-hybridized carbons (Fsp3) is 0.208. The second kappa shape index (κ2) is 9.48. The quantitative estimate of drug-likeness (QED) is 0.514. The molecule has 6 heteroatoms. The van der Waals surface area contributed by atoms with Crippen LogP contribution < -0.4 is 10.6 Å². The Balaban J connectivity index is 1.62. The summed E-state index contributed by atoms with van der Waals surface area (Å²) >= 11 is 0. The summed E-state index contributed by atoms with van der Waals surface area (Å²) in [6.07, 6.45) is -3.49. The Morgan fingerprint density at radius 1 is 0.867 bits per heavy atom. The van der Waals surface area contributed by atoms with E-state index in [1.807, 2.05) is 24.3 Å². The summed E-state index contributed by atoms with van der Waals surface area (Å²) < 4.78 is 38.5. The van der Waals surface area contributed by atoms with E-state index in [0.717, 1.165) is 29.8 Å². The van der Waals surface area contributed by atoms with E-state index in [9.17, 15) is 18.0 Å². The number of benzene rings is 3. The number of amides is 1. The van der Waals surface area contributed by atoms with Crippen molar-refractivity contribution in [3.05, 3.63) is 101 Å². The van der Waals surface area contributed by atoms with Gasteiger partial charge in [-0.15, -0.1) is 0 Å². The molecule has 0 radical (unpaired) electrons. The van der Waals surface area contributed by atoms with Crippen molar-refractivity contribution >= 4 is 11.6 Å². The van der Waals surface area contributed by atoms with E-state index in [-0.39, 0.29) is 12.5 Å². The minimum atomic E-state index is -4.41. The molecule has 3 nitrogen and oxygen atoms in total. The number of alkyl halides is 3. The molecule has 0 aliphatic rings. The van der Waals surface area contributed by atoms with Gasteiger partial charge in [0.05, 0.1) is 5.56 Å². The van der Waals surface area contributed by atoms with Crippen molar-refractivity contribution in [2.75, 3.05) is 5.32 Å². The molecular formula is C24H23F3N2O. The lowest BCUT2D eigenvalue weighted by Gasteiger charge is -2.12. The van der Waals surface area contributed by atoms with Gasteiger partial charge < -0.3 is 10.6 Å². The van der Waals surface area contributed by atoms with Crippen LogP contribution in [-0.2, 0) is 25.7 Å². The molecule has 0 aromatic heterocycles. The Kier molecular flexibility index (Phi) is 6.77. The van der Waals surface area contributed by atoms with Gasteiger partial charge in [0, 0.05) is 24.3 Å². The third kappa shape index (κ3) is 5.63. The summed E-state index contributed by atoms with van der Waals surface area (Å²) in [4.78, 5) is 12.5. The molecule has 0 fully saturated rings. The maximum atomic E-state index is 12.8. The standard InChI is InChI=1S/C24H23F3N2O/c1-2-19-9-3-4-12-22(19)28-15-17-7-5-10-20(13-17)23(30)29-16-18-8-6-11-21(14-18)24(25,26)27/h3-14,28H,2,15-16H2,1H3,(H,29,30). The summed E-state index contributed by atoms with van der Waals surface area (Å²) in [7, 11) is 0. The maximum Gasteiger partial charge on any atom is 0.416 e. The predicted molar refractivity (Wildman–Crippen MR) is 112 cm³/mol. The van der Waals surface area contributed by atoms with E-state index >= 15 is 0 Å². The van der Waals surface area contributed by atoms with E-state index in [1.165, 1.54) is 11.6 Å². The van der Waals surface area contributed by atoms with Crippen LogP contribution in [0.5, 0.6) is 0 Å². The number of nitrogens with one attached hydrogen (secondary N) is 2. The molecule has 0 spiro atoms. The average molecular weight is 412 g/mol. The molecule has 0 unspecified atom stereocenters. The first-order chi connectivity index (χ1) is 14.4. The second-order valence-electron chi connectivity index (χ2n) is 6.95. The fourth-order valence-electron chi connectivity index (χ4n) is 3.16. The van der Waals surface area contributed by atoms with Crippen molar-refractivity contribution in [3.63, 3.8) is 0 Å². The van der Waals surface area contributed by atoms with Crippen LogP contribution in [0.4, 0.5) is 18.9 Å². The van der Waals surface area contributed by atoms with Crippen LogP contribution >= 0.6 is 0 Å². The number of hydrogen-bond acceptors (Lipinski definition) is 2. The number of carbonyl (C=O) groups is 1. The summed E-state index contributed by atoms with van der Waals surface area (Å²) in [6.45, 7) is 2.68. The molecule has 0 heterocycles. The molecule has 3 aromatic rings. The fourth-order valence-corrected chi connectivity index (χ4v) is 3.16. The maximum absolute atomic E-state index is 12.8. The molecule has 0 atom stereocenters. The minimum absolute atomic E-state index is 0.0229. The number of para-hydroxylation sites is 1. The second-order valence-corrected chi connectivity index (χ2v) is 6.95. The summed E-state index contributed by atoms with van der Waals surface area (Å²) in [5.41, 5.74) is 3.34. The van der Waals surface area contributed by atoms with Gasteiger partial charge in [0.2, 0.25) is 0 Å². The summed E-state index contributed by atoms with van der Waals surface area (Å²) in [6, 6.07) is 20.2. The van der Waals surface area contributed by atoms with Gasteiger partial charge >= 0.3 is 6.18 Å². The minimum Gasteiger partial charge on any atom is -0.381 e. The van der Waals surface area contributed by atoms with E-state index < -0.39 is 11.7 Å². The molecule has 0 aliphatic heterocycles. The topological polar surface area (TPSA) is 41.1 Å². The van der Waals surface area contributed by atoms with Gasteiger partial charge in [-0.3, -0.25) is 4.79 Å². The van der Waals surface area contributed by atoms with E-state index in [2.05, 4.69) is 23.6 Å². The van der Waals surface area contributed by atoms with Crippen LogP contribution in [0.25, 0.3) is 0 Å². The molecular weight excluding hydrogens is 389 g/mol. The third-order valence-corrected chi connectivity index (χ3v) is 4.78. The molecule has 1 amide bonds. The van der Waals surface area contributed by atoms with Crippen molar-refractivity contribution < 1.29 is 18.0 Å². The highest BCUT2D eigenvalue weighted by Crippen LogP contribution is 2.29. The Bertz CT molecular complexity index is 1020. The first kappa shape index (κ1) is 21.4. The molecule has 156 valence electrons. The van der Waals surface area contributed by atoms with Gasteiger partial charge in [0.15, 0.2) is 0 Å². The zero-order valence-electron chi connectivity index (χ0n) is 16.6. The Morgan fingerprint density at radius 3 is 2.30 bits per heavy atom. The van der Waals surface area contributed by atoms with Crippen LogP contribution in [0.2, 0.25) is 0 Å². The van der Waals surface area contributed by atoms with Gasteiger partial charge in [-0.05, 0) is 53.4 Å². The van der Waals surface area contributed by atoms with E-state index in [0.29, 0.717) is 17.7 Å². The highest BCUT2D eigenvalue weighted by molar-refractivity contribution is 5.94. The van der Waals surface area contributed by atoms with Crippen molar-refractivity contribution in [1.82, 2.24) is 5.32 Å². The molecule has 30 heavy (non-hydrogen) atoms. The van der Waals surface area contributed by atoms with Gasteiger partial charge in [-0.1, -0.05) is 49.4 Å². The SMILES string of the molecule is CCc1ccccc1NCc1cccc(C(=O)NCc2cccc(C(F)(F)F)c2)c1. The number of rotatable bonds is 7. The van der Waals surface area contributed by atoms with Crippen LogP contribution in [0.1, 0.15) is 39.5 Å². The van der Waals surface area contributed by atoms with Gasteiger partial charge in [0.25, 0.3) is 5.91 Å². The summed E-state index contributed by atoms with van der Waals surface area (Å²) in [5, 5.41) is 6.07. The molecule has 0 bridgehead atoms. The van der Waals surface area contributed by atoms with Crippen LogP contribution in [0, 0.1) is 0 Å². The number of anilines is 1. The summed E-state index contributed by atoms with van der Waals surface area (Å²) in [5.74, 6) is -0.330. The van der Waals surface area contributed by atoms with Gasteiger partial charge in [0.1, 0.15) is 0 Å². The van der Waals surface area contributed by atoms with Gasteiger partial charge in [-0.2, -0.15) is 13.2 Å². The highest BCUT2D eigenvalue weighted by atomic mass is 19.4. The van der Waals surface area contributed by atoms with E-state index in [4.69, 9.17) is 0 Å². The first-order valence-corrected chi connectivity index (χ1v) is 9.72. The molecule has 0 saturated heterocycles. The smallest absolute Gasteiger partial charge is 0.381 e. The normalized spacial score (nSPS) is 11.2. The Morgan fingerprint density at radius 2 is 1.57 bits per heavy atom. The molecule has 2 N–H and O–H groups in total. The lowest BCUT2D eigenvalue weighted by molar-refractivity contribution is -0.137. The largest absolute Gasteiger partial charge is 0.416 e. The molecule has 0 aliphatic carbocycles. The van der Waals surface area contributed by atoms with Crippen molar-refractivity contribution in [2.24, 2.45) is 0 Å². The monoisotopic (exact) mass is 412 g/mol. The number of aryl methyl sites for hydroxylation is 1. The predicted octanol–water partition coefficient (Wildman–Crippen LogP) is 5.81. The molecule has 3 rings (SSSR count).